The Balaban J connectivity index is 1.71. The Kier molecular flexibility index (Phi) is 3.19. The molecule has 0 spiro atoms. The molecule has 0 bridgehead atoms. The molecule has 0 saturated heterocycles. The van der Waals surface area contributed by atoms with Crippen LogP contribution in [0.3, 0.4) is 0 Å². The Hall–Kier alpha value is -1.55. The van der Waals surface area contributed by atoms with Crippen molar-refractivity contribution in [1.82, 2.24) is 14.1 Å². The molecule has 0 saturated carbocycles. The topological polar surface area (TPSA) is 22.8 Å². The molecule has 0 aliphatic rings. The summed E-state index contributed by atoms with van der Waals surface area (Å²) in [5.41, 5.74) is 1.30. The summed E-state index contributed by atoms with van der Waals surface area (Å²) in [6.45, 7) is 2.04. The van der Waals surface area contributed by atoms with E-state index in [0.717, 1.165) is 24.0 Å². The van der Waals surface area contributed by atoms with Crippen LogP contribution < -0.4 is 0 Å². The molecule has 0 atom stereocenters. The van der Waals surface area contributed by atoms with Crippen molar-refractivity contribution < 1.29 is 0 Å². The third-order valence-corrected chi connectivity index (χ3v) is 3.60. The van der Waals surface area contributed by atoms with Gasteiger partial charge in [0.25, 0.3) is 0 Å². The minimum atomic E-state index is 1.01. The van der Waals surface area contributed by atoms with E-state index in [-0.39, 0.29) is 0 Å². The van der Waals surface area contributed by atoms with E-state index in [1.54, 1.807) is 0 Å². The first-order valence-electron chi connectivity index (χ1n) is 6.03. The number of aryl methyl sites for hydroxylation is 2. The van der Waals surface area contributed by atoms with E-state index >= 15 is 0 Å². The Labute approximate surface area is 114 Å². The second-order valence-electron chi connectivity index (χ2n) is 4.37. The zero-order chi connectivity index (χ0) is 12.4. The maximum atomic E-state index is 4.05. The van der Waals surface area contributed by atoms with Crippen LogP contribution in [0.5, 0.6) is 0 Å². The van der Waals surface area contributed by atoms with Crippen LogP contribution in [-0.2, 0) is 13.1 Å². The number of imidazole rings is 1. The highest BCUT2D eigenvalue weighted by atomic mass is 79.9. The average molecular weight is 304 g/mol. The first-order valence-corrected chi connectivity index (χ1v) is 6.82. The normalized spacial score (nSPS) is 11.2. The van der Waals surface area contributed by atoms with Gasteiger partial charge in [-0.05, 0) is 30.7 Å². The third kappa shape index (κ3) is 2.34. The monoisotopic (exact) mass is 303 g/mol. The predicted octanol–water partition coefficient (Wildman–Crippen LogP) is 3.69. The molecule has 2 heterocycles. The number of halogens is 1. The van der Waals surface area contributed by atoms with E-state index in [9.17, 15) is 0 Å². The van der Waals surface area contributed by atoms with Crippen LogP contribution in [0.4, 0.5) is 0 Å². The number of hydrogen-bond acceptors (Lipinski definition) is 1. The first kappa shape index (κ1) is 11.5. The zero-order valence-electron chi connectivity index (χ0n) is 9.96. The van der Waals surface area contributed by atoms with Crippen LogP contribution in [0.15, 0.2) is 53.7 Å². The number of nitrogens with zero attached hydrogens (tertiary/aromatic N) is 3. The smallest absolute Gasteiger partial charge is 0.0945 e. The molecule has 1 aromatic carbocycles. The fourth-order valence-corrected chi connectivity index (χ4v) is 2.59. The lowest BCUT2D eigenvalue weighted by molar-refractivity contribution is 0.573. The van der Waals surface area contributed by atoms with Gasteiger partial charge < -0.3 is 9.13 Å². The summed E-state index contributed by atoms with van der Waals surface area (Å²) in [5.74, 6) is 0. The van der Waals surface area contributed by atoms with Crippen molar-refractivity contribution in [3.05, 3.63) is 53.7 Å². The van der Waals surface area contributed by atoms with Gasteiger partial charge in [0.1, 0.15) is 0 Å². The van der Waals surface area contributed by atoms with Gasteiger partial charge in [-0.25, -0.2) is 4.98 Å². The van der Waals surface area contributed by atoms with Crippen LogP contribution in [-0.4, -0.2) is 14.1 Å². The van der Waals surface area contributed by atoms with E-state index in [1.807, 2.05) is 18.7 Å². The molecule has 3 nitrogen and oxygen atoms in total. The predicted molar refractivity (Wildman–Crippen MR) is 76.5 cm³/mol. The molecule has 0 amide bonds. The van der Waals surface area contributed by atoms with Crippen molar-refractivity contribution in [2.75, 3.05) is 0 Å². The first-order chi connectivity index (χ1) is 8.83. The molecule has 4 heteroatoms. The summed E-state index contributed by atoms with van der Waals surface area (Å²) in [4.78, 5) is 4.05. The SMILES string of the molecule is Brc1ccc2c(ccn2CCCn2ccnc2)c1. The van der Waals surface area contributed by atoms with E-state index in [0.29, 0.717) is 0 Å². The van der Waals surface area contributed by atoms with Crippen molar-refractivity contribution in [2.45, 2.75) is 19.5 Å². The minimum Gasteiger partial charge on any atom is -0.347 e. The van der Waals surface area contributed by atoms with E-state index in [1.165, 1.54) is 10.9 Å². The Morgan fingerprint density at radius 3 is 2.89 bits per heavy atom. The van der Waals surface area contributed by atoms with Gasteiger partial charge in [0.15, 0.2) is 0 Å². The molecular formula is C14H14BrN3. The molecule has 18 heavy (non-hydrogen) atoms. The number of hydrogen-bond donors (Lipinski definition) is 0. The van der Waals surface area contributed by atoms with Gasteiger partial charge in [-0.3, -0.25) is 0 Å². The standard InChI is InChI=1S/C14H14BrN3/c15-13-2-3-14-12(10-13)4-8-18(14)7-1-6-17-9-5-16-11-17/h2-5,8-11H,1,6-7H2. The van der Waals surface area contributed by atoms with Gasteiger partial charge in [-0.1, -0.05) is 15.9 Å². The molecule has 0 N–H and O–H groups in total. The summed E-state index contributed by atoms with van der Waals surface area (Å²) in [6, 6.07) is 8.57. The third-order valence-electron chi connectivity index (χ3n) is 3.11. The molecule has 2 aromatic heterocycles. The molecule has 0 aliphatic carbocycles. The van der Waals surface area contributed by atoms with Gasteiger partial charge >= 0.3 is 0 Å². The highest BCUT2D eigenvalue weighted by molar-refractivity contribution is 9.10. The van der Waals surface area contributed by atoms with Crippen molar-refractivity contribution in [1.29, 1.82) is 0 Å². The lowest BCUT2D eigenvalue weighted by Gasteiger charge is -2.06. The molecular weight excluding hydrogens is 290 g/mol. The van der Waals surface area contributed by atoms with Crippen LogP contribution in [0.2, 0.25) is 0 Å². The molecule has 0 aliphatic heterocycles. The van der Waals surface area contributed by atoms with Crippen LogP contribution >= 0.6 is 15.9 Å². The summed E-state index contributed by atoms with van der Waals surface area (Å²) in [7, 11) is 0. The average Bonchev–Trinajstić information content (AvgIpc) is 2.99. The number of rotatable bonds is 4. The van der Waals surface area contributed by atoms with Gasteiger partial charge in [0.2, 0.25) is 0 Å². The molecule has 0 unspecified atom stereocenters. The van der Waals surface area contributed by atoms with Crippen molar-refractivity contribution >= 4 is 26.8 Å². The molecule has 0 fully saturated rings. The molecule has 3 rings (SSSR count). The van der Waals surface area contributed by atoms with Crippen LogP contribution in [0.25, 0.3) is 10.9 Å². The Morgan fingerprint density at radius 1 is 1.11 bits per heavy atom. The van der Waals surface area contributed by atoms with E-state index in [4.69, 9.17) is 0 Å². The molecule has 92 valence electrons. The van der Waals surface area contributed by atoms with Crippen molar-refractivity contribution in [2.24, 2.45) is 0 Å². The number of aromatic nitrogens is 3. The maximum Gasteiger partial charge on any atom is 0.0945 e. The summed E-state index contributed by atoms with van der Waals surface area (Å²) >= 11 is 3.50. The quantitative estimate of drug-likeness (QED) is 0.721. The van der Waals surface area contributed by atoms with Crippen molar-refractivity contribution in [3.8, 4) is 0 Å². The molecule has 0 radical (unpaired) electrons. The van der Waals surface area contributed by atoms with E-state index < -0.39 is 0 Å². The zero-order valence-corrected chi connectivity index (χ0v) is 11.5. The van der Waals surface area contributed by atoms with Gasteiger partial charge in [-0.2, -0.15) is 0 Å². The second kappa shape index (κ2) is 4.98. The lowest BCUT2D eigenvalue weighted by Crippen LogP contribution is -2.01. The Morgan fingerprint density at radius 2 is 2.06 bits per heavy atom. The molecule has 3 aromatic rings. The lowest BCUT2D eigenvalue weighted by atomic mass is 10.2. The van der Waals surface area contributed by atoms with Gasteiger partial charge in [-0.15, -0.1) is 0 Å². The van der Waals surface area contributed by atoms with Crippen molar-refractivity contribution in [3.63, 3.8) is 0 Å². The fourth-order valence-electron chi connectivity index (χ4n) is 2.21. The largest absolute Gasteiger partial charge is 0.347 e. The van der Waals surface area contributed by atoms with Gasteiger partial charge in [0.05, 0.1) is 6.33 Å². The highest BCUT2D eigenvalue weighted by Crippen LogP contribution is 2.21. The van der Waals surface area contributed by atoms with Crippen LogP contribution in [0.1, 0.15) is 6.42 Å². The fraction of sp³-hybridized carbons (Fsp3) is 0.214. The summed E-state index contributed by atoms with van der Waals surface area (Å²) < 4.78 is 5.55. The summed E-state index contributed by atoms with van der Waals surface area (Å²) in [5, 5.41) is 1.28. The Bertz CT molecular complexity index is 640. The minimum absolute atomic E-state index is 1.01. The van der Waals surface area contributed by atoms with Crippen LogP contribution in [0, 0.1) is 0 Å². The van der Waals surface area contributed by atoms with E-state index in [2.05, 4.69) is 60.5 Å². The van der Waals surface area contributed by atoms with Gasteiger partial charge in [0, 0.05) is 47.1 Å². The second-order valence-corrected chi connectivity index (χ2v) is 5.28. The number of fused-ring (bicyclic) bond motifs is 1. The maximum absolute atomic E-state index is 4.05. The summed E-state index contributed by atoms with van der Waals surface area (Å²) in [6.07, 6.45) is 8.96. The highest BCUT2D eigenvalue weighted by Gasteiger charge is 2.01. The number of benzene rings is 1.